The van der Waals surface area contributed by atoms with Gasteiger partial charge in [-0.2, -0.15) is 0 Å². The molecule has 0 radical (unpaired) electrons. The second-order valence-electron chi connectivity index (χ2n) is 5.40. The molecule has 20 heavy (non-hydrogen) atoms. The number of benzene rings is 1. The largest absolute Gasteiger partial charge is 0.392 e. The summed E-state index contributed by atoms with van der Waals surface area (Å²) >= 11 is 0. The Labute approximate surface area is 119 Å². The molecular formula is C15H22N2O3. The van der Waals surface area contributed by atoms with Gasteiger partial charge in [0.15, 0.2) is 0 Å². The lowest BCUT2D eigenvalue weighted by molar-refractivity contribution is -0.385. The molecule has 2 rings (SSSR count). The molecule has 5 heteroatoms. The second kappa shape index (κ2) is 7.36. The van der Waals surface area contributed by atoms with Gasteiger partial charge in [0.2, 0.25) is 0 Å². The van der Waals surface area contributed by atoms with Crippen molar-refractivity contribution in [3.05, 3.63) is 39.9 Å². The summed E-state index contributed by atoms with van der Waals surface area (Å²) in [4.78, 5) is 10.6. The third-order valence-corrected chi connectivity index (χ3v) is 3.97. The molecule has 0 aromatic heterocycles. The molecule has 110 valence electrons. The van der Waals surface area contributed by atoms with Crippen molar-refractivity contribution in [3.63, 3.8) is 0 Å². The second-order valence-corrected chi connectivity index (χ2v) is 5.40. The van der Waals surface area contributed by atoms with E-state index in [1.165, 1.54) is 12.5 Å². The van der Waals surface area contributed by atoms with Gasteiger partial charge in [-0.15, -0.1) is 0 Å². The summed E-state index contributed by atoms with van der Waals surface area (Å²) in [7, 11) is 0. The van der Waals surface area contributed by atoms with Crippen molar-refractivity contribution in [3.8, 4) is 0 Å². The Morgan fingerprint density at radius 3 is 2.80 bits per heavy atom. The Balaban J connectivity index is 1.87. The van der Waals surface area contributed by atoms with Crippen molar-refractivity contribution < 1.29 is 10.0 Å². The molecule has 1 fully saturated rings. The van der Waals surface area contributed by atoms with Crippen LogP contribution < -0.4 is 5.32 Å². The van der Waals surface area contributed by atoms with Gasteiger partial charge in [0.1, 0.15) is 0 Å². The number of nitro benzene ring substituents is 1. The minimum atomic E-state index is -0.337. The van der Waals surface area contributed by atoms with E-state index in [0.717, 1.165) is 31.2 Å². The van der Waals surface area contributed by atoms with Crippen LogP contribution in [0.3, 0.4) is 0 Å². The molecular weight excluding hydrogens is 256 g/mol. The van der Waals surface area contributed by atoms with Crippen molar-refractivity contribution in [2.45, 2.75) is 50.7 Å². The standard InChI is InChI=1S/C15H22N2O3/c18-15-9-3-1-2-7-13(15)16-11-10-12-6-4-5-8-14(12)17(19)20/h4-6,8,13,15-16,18H,1-3,7,9-11H2. The number of nitrogens with zero attached hydrogens (tertiary/aromatic N) is 1. The van der Waals surface area contributed by atoms with E-state index in [1.807, 2.05) is 6.07 Å². The molecule has 0 saturated heterocycles. The SMILES string of the molecule is O=[N+]([O-])c1ccccc1CCNC1CCCCCC1O. The Hall–Kier alpha value is -1.46. The molecule has 0 aliphatic heterocycles. The van der Waals surface area contributed by atoms with Gasteiger partial charge in [-0.25, -0.2) is 0 Å². The summed E-state index contributed by atoms with van der Waals surface area (Å²) in [5.41, 5.74) is 0.920. The zero-order chi connectivity index (χ0) is 14.4. The molecule has 5 nitrogen and oxygen atoms in total. The Bertz CT molecular complexity index is 450. The maximum atomic E-state index is 10.9. The highest BCUT2D eigenvalue weighted by molar-refractivity contribution is 5.39. The molecule has 0 amide bonds. The summed E-state index contributed by atoms with van der Waals surface area (Å²) in [6, 6.07) is 6.96. The molecule has 1 aliphatic carbocycles. The highest BCUT2D eigenvalue weighted by Crippen LogP contribution is 2.20. The van der Waals surface area contributed by atoms with Crippen LogP contribution in [0, 0.1) is 10.1 Å². The third-order valence-electron chi connectivity index (χ3n) is 3.97. The van der Waals surface area contributed by atoms with Gasteiger partial charge < -0.3 is 10.4 Å². The van der Waals surface area contributed by atoms with Crippen LogP contribution in [0.15, 0.2) is 24.3 Å². The maximum Gasteiger partial charge on any atom is 0.272 e. The van der Waals surface area contributed by atoms with E-state index in [9.17, 15) is 15.2 Å². The normalized spacial score (nSPS) is 23.2. The van der Waals surface area contributed by atoms with Gasteiger partial charge in [-0.1, -0.05) is 37.5 Å². The van der Waals surface area contributed by atoms with Crippen LogP contribution in [0.25, 0.3) is 0 Å². The Morgan fingerprint density at radius 2 is 2.00 bits per heavy atom. The first-order valence-corrected chi connectivity index (χ1v) is 7.32. The summed E-state index contributed by atoms with van der Waals surface area (Å²) in [6.45, 7) is 0.659. The number of aliphatic hydroxyl groups is 1. The lowest BCUT2D eigenvalue weighted by Crippen LogP contribution is -2.40. The lowest BCUT2D eigenvalue weighted by atomic mass is 10.1. The summed E-state index contributed by atoms with van der Waals surface area (Å²) in [5, 5.41) is 24.3. The molecule has 2 N–H and O–H groups in total. The highest BCUT2D eigenvalue weighted by Gasteiger charge is 2.21. The van der Waals surface area contributed by atoms with Gasteiger partial charge in [-0.3, -0.25) is 10.1 Å². The molecule has 0 heterocycles. The molecule has 2 atom stereocenters. The first kappa shape index (κ1) is 14.9. The van der Waals surface area contributed by atoms with Crippen molar-refractivity contribution in [2.24, 2.45) is 0 Å². The fourth-order valence-corrected chi connectivity index (χ4v) is 2.82. The molecule has 1 saturated carbocycles. The van der Waals surface area contributed by atoms with E-state index in [4.69, 9.17) is 0 Å². The fraction of sp³-hybridized carbons (Fsp3) is 0.600. The number of hydrogen-bond donors (Lipinski definition) is 2. The fourth-order valence-electron chi connectivity index (χ4n) is 2.82. The first-order valence-electron chi connectivity index (χ1n) is 7.32. The predicted octanol–water partition coefficient (Wildman–Crippen LogP) is 2.42. The van der Waals surface area contributed by atoms with Crippen LogP contribution in [0.2, 0.25) is 0 Å². The van der Waals surface area contributed by atoms with Gasteiger partial charge in [0.05, 0.1) is 11.0 Å². The summed E-state index contributed by atoms with van der Waals surface area (Å²) < 4.78 is 0. The van der Waals surface area contributed by atoms with E-state index >= 15 is 0 Å². The van der Waals surface area contributed by atoms with Gasteiger partial charge >= 0.3 is 0 Å². The van der Waals surface area contributed by atoms with Crippen LogP contribution in [0.1, 0.15) is 37.7 Å². The van der Waals surface area contributed by atoms with Crippen LogP contribution in [-0.2, 0) is 6.42 Å². The molecule has 1 aliphatic rings. The number of rotatable bonds is 5. The topological polar surface area (TPSA) is 75.4 Å². The average Bonchev–Trinajstić information content (AvgIpc) is 2.64. The average molecular weight is 278 g/mol. The number of nitro groups is 1. The van der Waals surface area contributed by atoms with Gasteiger partial charge in [-0.05, 0) is 25.8 Å². The van der Waals surface area contributed by atoms with Crippen molar-refractivity contribution in [1.29, 1.82) is 0 Å². The molecule has 2 unspecified atom stereocenters. The van der Waals surface area contributed by atoms with E-state index in [-0.39, 0.29) is 22.8 Å². The van der Waals surface area contributed by atoms with Crippen LogP contribution >= 0.6 is 0 Å². The summed E-state index contributed by atoms with van der Waals surface area (Å²) in [6.07, 6.45) is 5.56. The maximum absolute atomic E-state index is 10.9. The van der Waals surface area contributed by atoms with Crippen molar-refractivity contribution in [2.75, 3.05) is 6.54 Å². The van der Waals surface area contributed by atoms with E-state index < -0.39 is 0 Å². The molecule has 0 spiro atoms. The van der Waals surface area contributed by atoms with Gasteiger partial charge in [0, 0.05) is 17.7 Å². The number of aliphatic hydroxyl groups excluding tert-OH is 1. The summed E-state index contributed by atoms with van der Waals surface area (Å²) in [5.74, 6) is 0. The minimum Gasteiger partial charge on any atom is -0.392 e. The monoisotopic (exact) mass is 278 g/mol. The Kier molecular flexibility index (Phi) is 5.49. The first-order chi connectivity index (χ1) is 9.68. The van der Waals surface area contributed by atoms with Crippen molar-refractivity contribution in [1.82, 2.24) is 5.32 Å². The zero-order valence-corrected chi connectivity index (χ0v) is 11.6. The predicted molar refractivity (Wildman–Crippen MR) is 77.7 cm³/mol. The Morgan fingerprint density at radius 1 is 1.25 bits per heavy atom. The highest BCUT2D eigenvalue weighted by atomic mass is 16.6. The quantitative estimate of drug-likeness (QED) is 0.493. The zero-order valence-electron chi connectivity index (χ0n) is 11.6. The van der Waals surface area contributed by atoms with Crippen LogP contribution in [0.5, 0.6) is 0 Å². The number of hydrogen-bond acceptors (Lipinski definition) is 4. The molecule has 0 bridgehead atoms. The van der Waals surface area contributed by atoms with Crippen LogP contribution in [0.4, 0.5) is 5.69 Å². The van der Waals surface area contributed by atoms with Crippen LogP contribution in [-0.4, -0.2) is 28.7 Å². The molecule has 1 aromatic rings. The number of nitrogens with one attached hydrogen (secondary N) is 1. The lowest BCUT2D eigenvalue weighted by Gasteiger charge is -2.21. The van der Waals surface area contributed by atoms with E-state index in [0.29, 0.717) is 13.0 Å². The van der Waals surface area contributed by atoms with Gasteiger partial charge in [0.25, 0.3) is 5.69 Å². The minimum absolute atomic E-state index is 0.125. The smallest absolute Gasteiger partial charge is 0.272 e. The molecule has 1 aromatic carbocycles. The number of para-hydroxylation sites is 1. The van der Waals surface area contributed by atoms with Crippen molar-refractivity contribution >= 4 is 5.69 Å². The third kappa shape index (κ3) is 4.02. The van der Waals surface area contributed by atoms with E-state index in [1.54, 1.807) is 12.1 Å². The van der Waals surface area contributed by atoms with E-state index in [2.05, 4.69) is 5.32 Å².